The summed E-state index contributed by atoms with van der Waals surface area (Å²) >= 11 is 21.6. The van der Waals surface area contributed by atoms with E-state index in [0.29, 0.717) is 38.7 Å². The van der Waals surface area contributed by atoms with Crippen LogP contribution in [0, 0.1) is 5.82 Å². The molecule has 0 aliphatic carbocycles. The molecule has 0 radical (unpaired) electrons. The summed E-state index contributed by atoms with van der Waals surface area (Å²) in [6.07, 6.45) is 0. The van der Waals surface area contributed by atoms with Crippen LogP contribution in [0.2, 0.25) is 15.1 Å². The van der Waals surface area contributed by atoms with E-state index in [4.69, 9.17) is 44.3 Å². The number of nitrogens with one attached hydrogen (secondary N) is 1. The van der Waals surface area contributed by atoms with Crippen molar-refractivity contribution in [1.82, 2.24) is 0 Å². The number of rotatable bonds is 7. The maximum absolute atomic E-state index is 13.2. The van der Waals surface area contributed by atoms with E-state index in [0.717, 1.165) is 15.7 Å². The molecule has 0 aliphatic heterocycles. The molecule has 0 spiro atoms. The molecule has 3 rings (SSSR count). The molecule has 0 heterocycles. The topological polar surface area (TPSA) is 30.5 Å². The zero-order valence-corrected chi connectivity index (χ0v) is 19.1. The summed E-state index contributed by atoms with van der Waals surface area (Å²) in [6, 6.07) is 13.2. The van der Waals surface area contributed by atoms with Crippen LogP contribution >= 0.6 is 50.7 Å². The second kappa shape index (κ2) is 9.90. The standard InChI is InChI=1S/C21H16BrCl3FNO2/c1-28-20-6-13(10-27-15-4-5-17(23)19(25)8-15)16(22)9-21(20)29-11-12-2-3-14(26)7-18(12)24/h2-9,27H,10-11H2,1H3. The van der Waals surface area contributed by atoms with E-state index in [-0.39, 0.29) is 6.61 Å². The third-order valence-corrected chi connectivity index (χ3v) is 5.96. The van der Waals surface area contributed by atoms with Crippen LogP contribution in [-0.2, 0) is 13.2 Å². The summed E-state index contributed by atoms with van der Waals surface area (Å²) in [5, 5.41) is 4.58. The van der Waals surface area contributed by atoms with E-state index in [1.54, 1.807) is 25.3 Å². The Morgan fingerprint density at radius 1 is 0.897 bits per heavy atom. The molecule has 0 amide bonds. The van der Waals surface area contributed by atoms with Crippen molar-refractivity contribution in [1.29, 1.82) is 0 Å². The van der Waals surface area contributed by atoms with E-state index in [2.05, 4.69) is 21.2 Å². The van der Waals surface area contributed by atoms with Crippen LogP contribution in [0.15, 0.2) is 53.0 Å². The number of halogens is 5. The molecule has 0 saturated carbocycles. The second-order valence-electron chi connectivity index (χ2n) is 6.10. The van der Waals surface area contributed by atoms with Crippen molar-refractivity contribution in [2.45, 2.75) is 13.2 Å². The van der Waals surface area contributed by atoms with Gasteiger partial charge in [0.25, 0.3) is 0 Å². The van der Waals surface area contributed by atoms with Gasteiger partial charge < -0.3 is 14.8 Å². The zero-order valence-electron chi connectivity index (χ0n) is 15.2. The molecule has 0 atom stereocenters. The molecule has 29 heavy (non-hydrogen) atoms. The normalized spacial score (nSPS) is 10.7. The number of hydrogen-bond acceptors (Lipinski definition) is 3. The fourth-order valence-corrected chi connectivity index (χ4v) is 3.57. The minimum absolute atomic E-state index is 0.183. The van der Waals surface area contributed by atoms with Gasteiger partial charge in [-0.05, 0) is 48.0 Å². The fraction of sp³-hybridized carbons (Fsp3) is 0.143. The van der Waals surface area contributed by atoms with Crippen LogP contribution in [-0.4, -0.2) is 7.11 Å². The Morgan fingerprint density at radius 3 is 2.38 bits per heavy atom. The quantitative estimate of drug-likeness (QED) is 0.346. The summed E-state index contributed by atoms with van der Waals surface area (Å²) < 4.78 is 25.3. The third-order valence-electron chi connectivity index (χ3n) is 4.13. The lowest BCUT2D eigenvalue weighted by atomic mass is 10.2. The summed E-state index contributed by atoms with van der Waals surface area (Å²) in [7, 11) is 1.57. The summed E-state index contributed by atoms with van der Waals surface area (Å²) in [5.41, 5.74) is 2.48. The first-order valence-corrected chi connectivity index (χ1v) is 10.4. The predicted octanol–water partition coefficient (Wildman–Crippen LogP) is 7.75. The highest BCUT2D eigenvalue weighted by Gasteiger charge is 2.12. The summed E-state index contributed by atoms with van der Waals surface area (Å²) in [4.78, 5) is 0. The smallest absolute Gasteiger partial charge is 0.162 e. The highest BCUT2D eigenvalue weighted by molar-refractivity contribution is 9.10. The van der Waals surface area contributed by atoms with Gasteiger partial charge in [-0.15, -0.1) is 0 Å². The highest BCUT2D eigenvalue weighted by atomic mass is 79.9. The molecule has 0 aliphatic rings. The minimum Gasteiger partial charge on any atom is -0.493 e. The van der Waals surface area contributed by atoms with Crippen LogP contribution in [0.4, 0.5) is 10.1 Å². The molecule has 0 bridgehead atoms. The number of anilines is 1. The summed E-state index contributed by atoms with van der Waals surface area (Å²) in [6.45, 7) is 0.710. The molecule has 3 aromatic carbocycles. The van der Waals surface area contributed by atoms with Gasteiger partial charge in [-0.25, -0.2) is 4.39 Å². The van der Waals surface area contributed by atoms with Gasteiger partial charge in [0.05, 0.1) is 22.2 Å². The SMILES string of the molecule is COc1cc(CNc2ccc(Cl)c(Cl)c2)c(Br)cc1OCc1ccc(F)cc1Cl. The Labute approximate surface area is 191 Å². The van der Waals surface area contributed by atoms with Gasteiger partial charge in [-0.3, -0.25) is 0 Å². The number of benzene rings is 3. The van der Waals surface area contributed by atoms with Crippen molar-refractivity contribution >= 4 is 56.4 Å². The molecule has 0 unspecified atom stereocenters. The van der Waals surface area contributed by atoms with Gasteiger partial charge in [-0.1, -0.05) is 56.8 Å². The summed E-state index contributed by atoms with van der Waals surface area (Å²) in [5.74, 6) is 0.716. The highest BCUT2D eigenvalue weighted by Crippen LogP contribution is 2.35. The molecular weight excluding hydrogens is 503 g/mol. The molecule has 8 heteroatoms. The molecular formula is C21H16BrCl3FNO2. The van der Waals surface area contributed by atoms with Crippen molar-refractivity contribution < 1.29 is 13.9 Å². The molecule has 1 N–H and O–H groups in total. The van der Waals surface area contributed by atoms with Crippen molar-refractivity contribution in [2.24, 2.45) is 0 Å². The van der Waals surface area contributed by atoms with E-state index < -0.39 is 5.82 Å². The van der Waals surface area contributed by atoms with Crippen LogP contribution in [0.5, 0.6) is 11.5 Å². The maximum atomic E-state index is 13.2. The number of hydrogen-bond donors (Lipinski definition) is 1. The molecule has 0 aromatic heterocycles. The Hall–Kier alpha value is -1.66. The lowest BCUT2D eigenvalue weighted by Crippen LogP contribution is -2.03. The molecule has 3 aromatic rings. The Kier molecular flexibility index (Phi) is 7.52. The fourth-order valence-electron chi connectivity index (χ4n) is 2.58. The molecule has 0 fully saturated rings. The molecule has 3 nitrogen and oxygen atoms in total. The van der Waals surface area contributed by atoms with E-state index in [1.807, 2.05) is 18.2 Å². The Morgan fingerprint density at radius 2 is 1.69 bits per heavy atom. The van der Waals surface area contributed by atoms with Crippen molar-refractivity contribution in [3.05, 3.63) is 85.0 Å². The van der Waals surface area contributed by atoms with E-state index in [9.17, 15) is 4.39 Å². The van der Waals surface area contributed by atoms with Crippen LogP contribution in [0.1, 0.15) is 11.1 Å². The second-order valence-corrected chi connectivity index (χ2v) is 8.18. The third kappa shape index (κ3) is 5.70. The monoisotopic (exact) mass is 517 g/mol. The minimum atomic E-state index is -0.391. The van der Waals surface area contributed by atoms with E-state index >= 15 is 0 Å². The maximum Gasteiger partial charge on any atom is 0.162 e. The average molecular weight is 520 g/mol. The Balaban J connectivity index is 1.73. The van der Waals surface area contributed by atoms with Crippen molar-refractivity contribution in [3.8, 4) is 11.5 Å². The van der Waals surface area contributed by atoms with Crippen LogP contribution < -0.4 is 14.8 Å². The molecule has 0 saturated heterocycles. The lowest BCUT2D eigenvalue weighted by Gasteiger charge is -2.15. The first kappa shape index (κ1) is 22.0. The number of methoxy groups -OCH3 is 1. The van der Waals surface area contributed by atoms with Crippen molar-refractivity contribution in [3.63, 3.8) is 0 Å². The first-order valence-electron chi connectivity index (χ1n) is 8.49. The van der Waals surface area contributed by atoms with Gasteiger partial charge in [0.1, 0.15) is 12.4 Å². The van der Waals surface area contributed by atoms with Gasteiger partial charge in [0.2, 0.25) is 0 Å². The lowest BCUT2D eigenvalue weighted by molar-refractivity contribution is 0.284. The van der Waals surface area contributed by atoms with Crippen LogP contribution in [0.25, 0.3) is 0 Å². The average Bonchev–Trinajstić information content (AvgIpc) is 2.69. The van der Waals surface area contributed by atoms with Gasteiger partial charge in [-0.2, -0.15) is 0 Å². The van der Waals surface area contributed by atoms with Gasteiger partial charge >= 0.3 is 0 Å². The Bertz CT molecular complexity index is 1030. The van der Waals surface area contributed by atoms with Gasteiger partial charge in [0, 0.05) is 22.3 Å². The van der Waals surface area contributed by atoms with Crippen molar-refractivity contribution in [2.75, 3.05) is 12.4 Å². The van der Waals surface area contributed by atoms with E-state index in [1.165, 1.54) is 12.1 Å². The molecule has 152 valence electrons. The first-order chi connectivity index (χ1) is 13.9. The van der Waals surface area contributed by atoms with Crippen LogP contribution in [0.3, 0.4) is 0 Å². The van der Waals surface area contributed by atoms with Gasteiger partial charge in [0.15, 0.2) is 11.5 Å². The number of ether oxygens (including phenoxy) is 2. The zero-order chi connectivity index (χ0) is 21.0. The largest absolute Gasteiger partial charge is 0.493 e. The predicted molar refractivity (Wildman–Crippen MR) is 120 cm³/mol.